The highest BCUT2D eigenvalue weighted by Gasteiger charge is 2.25. The van der Waals surface area contributed by atoms with E-state index < -0.39 is 0 Å². The normalized spacial score (nSPS) is 21.3. The van der Waals surface area contributed by atoms with Crippen molar-refractivity contribution < 1.29 is 4.79 Å². The van der Waals surface area contributed by atoms with Gasteiger partial charge >= 0.3 is 0 Å². The molecule has 1 unspecified atom stereocenters. The Balaban J connectivity index is 2.01. The molecule has 1 aliphatic heterocycles. The molecule has 2 rings (SSSR count). The second kappa shape index (κ2) is 5.66. The van der Waals surface area contributed by atoms with Crippen molar-refractivity contribution in [3.63, 3.8) is 0 Å². The predicted molar refractivity (Wildman–Crippen MR) is 74.6 cm³/mol. The summed E-state index contributed by atoms with van der Waals surface area (Å²) >= 11 is 0. The van der Waals surface area contributed by atoms with Crippen LogP contribution in [0.25, 0.3) is 0 Å². The molecule has 2 nitrogen and oxygen atoms in total. The van der Waals surface area contributed by atoms with Crippen molar-refractivity contribution in [3.8, 4) is 0 Å². The molecule has 0 spiro atoms. The lowest BCUT2D eigenvalue weighted by Gasteiger charge is -2.31. The lowest BCUT2D eigenvalue weighted by Crippen LogP contribution is -2.40. The number of piperidine rings is 1. The van der Waals surface area contributed by atoms with E-state index >= 15 is 0 Å². The maximum atomic E-state index is 11.7. The van der Waals surface area contributed by atoms with Crippen molar-refractivity contribution in [2.24, 2.45) is 5.92 Å². The van der Waals surface area contributed by atoms with Crippen LogP contribution in [0.5, 0.6) is 0 Å². The minimum Gasteiger partial charge on any atom is -0.299 e. The van der Waals surface area contributed by atoms with Gasteiger partial charge in [0.1, 0.15) is 5.78 Å². The molecule has 0 aliphatic carbocycles. The standard InChI is InChI=1S/C16H23NO/c1-4-15-11-17(8-7-16(15)18)10-14-6-5-12(2)13(3)9-14/h5-6,9,15H,4,7-8,10-11H2,1-3H3. The summed E-state index contributed by atoms with van der Waals surface area (Å²) in [4.78, 5) is 14.1. The fourth-order valence-electron chi connectivity index (χ4n) is 2.64. The van der Waals surface area contributed by atoms with E-state index in [-0.39, 0.29) is 5.92 Å². The van der Waals surface area contributed by atoms with Gasteiger partial charge in [0.15, 0.2) is 0 Å². The van der Waals surface area contributed by atoms with Crippen LogP contribution >= 0.6 is 0 Å². The first-order chi connectivity index (χ1) is 8.60. The summed E-state index contributed by atoms with van der Waals surface area (Å²) in [5, 5.41) is 0. The van der Waals surface area contributed by atoms with Crippen LogP contribution in [0.3, 0.4) is 0 Å². The van der Waals surface area contributed by atoms with E-state index in [0.717, 1.165) is 32.5 Å². The maximum absolute atomic E-state index is 11.7. The molecule has 0 radical (unpaired) electrons. The van der Waals surface area contributed by atoms with Crippen LogP contribution in [0.15, 0.2) is 18.2 Å². The molecule has 0 amide bonds. The zero-order valence-electron chi connectivity index (χ0n) is 11.7. The average molecular weight is 245 g/mol. The van der Waals surface area contributed by atoms with Gasteiger partial charge in [-0.3, -0.25) is 9.69 Å². The number of hydrogen-bond donors (Lipinski definition) is 0. The number of benzene rings is 1. The molecular weight excluding hydrogens is 222 g/mol. The Labute approximate surface area is 110 Å². The molecule has 98 valence electrons. The van der Waals surface area contributed by atoms with Crippen molar-refractivity contribution in [1.29, 1.82) is 0 Å². The first kappa shape index (κ1) is 13.3. The van der Waals surface area contributed by atoms with Gasteiger partial charge in [0.05, 0.1) is 0 Å². The van der Waals surface area contributed by atoms with E-state index in [1.54, 1.807) is 0 Å². The summed E-state index contributed by atoms with van der Waals surface area (Å²) in [6.07, 6.45) is 1.70. The van der Waals surface area contributed by atoms with E-state index in [9.17, 15) is 4.79 Å². The van der Waals surface area contributed by atoms with E-state index in [1.165, 1.54) is 16.7 Å². The molecule has 0 aromatic heterocycles. The Morgan fingerprint density at radius 1 is 1.28 bits per heavy atom. The smallest absolute Gasteiger partial charge is 0.138 e. The summed E-state index contributed by atoms with van der Waals surface area (Å²) in [6.45, 7) is 9.25. The fraction of sp³-hybridized carbons (Fsp3) is 0.562. The van der Waals surface area contributed by atoms with Crippen LogP contribution < -0.4 is 0 Å². The summed E-state index contributed by atoms with van der Waals surface area (Å²) in [6, 6.07) is 6.67. The van der Waals surface area contributed by atoms with Gasteiger partial charge in [-0.15, -0.1) is 0 Å². The van der Waals surface area contributed by atoms with Gasteiger partial charge in [0, 0.05) is 32.0 Å². The second-order valence-corrected chi connectivity index (χ2v) is 5.48. The Morgan fingerprint density at radius 2 is 2.06 bits per heavy atom. The molecule has 1 saturated heterocycles. The molecule has 0 saturated carbocycles. The van der Waals surface area contributed by atoms with Crippen LogP contribution in [0.1, 0.15) is 36.5 Å². The third kappa shape index (κ3) is 2.99. The van der Waals surface area contributed by atoms with Gasteiger partial charge in [0.2, 0.25) is 0 Å². The Kier molecular flexibility index (Phi) is 4.18. The van der Waals surface area contributed by atoms with Crippen LogP contribution in [-0.4, -0.2) is 23.8 Å². The molecule has 1 atom stereocenters. The van der Waals surface area contributed by atoms with Crippen molar-refractivity contribution in [2.45, 2.75) is 40.2 Å². The van der Waals surface area contributed by atoms with Gasteiger partial charge < -0.3 is 0 Å². The fourth-order valence-corrected chi connectivity index (χ4v) is 2.64. The Hall–Kier alpha value is -1.15. The minimum absolute atomic E-state index is 0.255. The number of rotatable bonds is 3. The zero-order chi connectivity index (χ0) is 13.1. The first-order valence-corrected chi connectivity index (χ1v) is 6.91. The molecule has 0 bridgehead atoms. The van der Waals surface area contributed by atoms with Crippen LogP contribution in [0.2, 0.25) is 0 Å². The lowest BCUT2D eigenvalue weighted by molar-refractivity contribution is -0.126. The molecule has 1 fully saturated rings. The molecule has 1 aromatic rings. The van der Waals surface area contributed by atoms with E-state index in [0.29, 0.717) is 5.78 Å². The van der Waals surface area contributed by atoms with Crippen molar-refractivity contribution in [3.05, 3.63) is 34.9 Å². The number of carbonyl (C=O) groups excluding carboxylic acids is 1. The lowest BCUT2D eigenvalue weighted by atomic mass is 9.93. The largest absolute Gasteiger partial charge is 0.299 e. The third-order valence-corrected chi connectivity index (χ3v) is 4.08. The van der Waals surface area contributed by atoms with Gasteiger partial charge in [-0.2, -0.15) is 0 Å². The van der Waals surface area contributed by atoms with Crippen molar-refractivity contribution in [1.82, 2.24) is 4.90 Å². The maximum Gasteiger partial charge on any atom is 0.138 e. The topological polar surface area (TPSA) is 20.3 Å². The van der Waals surface area contributed by atoms with Crippen molar-refractivity contribution >= 4 is 5.78 Å². The predicted octanol–water partition coefficient (Wildman–Crippen LogP) is 3.10. The van der Waals surface area contributed by atoms with Crippen LogP contribution in [-0.2, 0) is 11.3 Å². The van der Waals surface area contributed by atoms with Crippen LogP contribution in [0.4, 0.5) is 0 Å². The number of likely N-dealkylation sites (tertiary alicyclic amines) is 1. The van der Waals surface area contributed by atoms with Crippen molar-refractivity contribution in [2.75, 3.05) is 13.1 Å². The molecule has 1 aliphatic rings. The third-order valence-electron chi connectivity index (χ3n) is 4.08. The van der Waals surface area contributed by atoms with E-state index in [1.807, 2.05) is 0 Å². The number of ketones is 1. The quantitative estimate of drug-likeness (QED) is 0.815. The average Bonchev–Trinajstić information content (AvgIpc) is 2.36. The molecule has 18 heavy (non-hydrogen) atoms. The number of Topliss-reactive ketones (excluding diaryl/α,β-unsaturated/α-hetero) is 1. The Morgan fingerprint density at radius 3 is 2.72 bits per heavy atom. The molecule has 1 heterocycles. The number of aryl methyl sites for hydroxylation is 2. The van der Waals surface area contributed by atoms with Gasteiger partial charge in [-0.25, -0.2) is 0 Å². The van der Waals surface area contributed by atoms with Crippen LogP contribution in [0, 0.1) is 19.8 Å². The molecule has 2 heteroatoms. The van der Waals surface area contributed by atoms with Gasteiger partial charge in [0.25, 0.3) is 0 Å². The highest BCUT2D eigenvalue weighted by Crippen LogP contribution is 2.19. The van der Waals surface area contributed by atoms with E-state index in [2.05, 4.69) is 43.9 Å². The molecule has 0 N–H and O–H groups in total. The van der Waals surface area contributed by atoms with E-state index in [4.69, 9.17) is 0 Å². The highest BCUT2D eigenvalue weighted by atomic mass is 16.1. The zero-order valence-corrected chi connectivity index (χ0v) is 11.7. The van der Waals surface area contributed by atoms with Gasteiger partial charge in [-0.1, -0.05) is 25.1 Å². The highest BCUT2D eigenvalue weighted by molar-refractivity contribution is 5.82. The first-order valence-electron chi connectivity index (χ1n) is 6.91. The minimum atomic E-state index is 0.255. The summed E-state index contributed by atoms with van der Waals surface area (Å²) < 4.78 is 0. The monoisotopic (exact) mass is 245 g/mol. The number of hydrogen-bond acceptors (Lipinski definition) is 2. The summed E-state index contributed by atoms with van der Waals surface area (Å²) in [5.41, 5.74) is 4.06. The Bertz CT molecular complexity index is 439. The second-order valence-electron chi connectivity index (χ2n) is 5.48. The SMILES string of the molecule is CCC1CN(Cc2ccc(C)c(C)c2)CCC1=O. The van der Waals surface area contributed by atoms with Gasteiger partial charge in [-0.05, 0) is 37.0 Å². The summed E-state index contributed by atoms with van der Waals surface area (Å²) in [5.74, 6) is 0.708. The summed E-state index contributed by atoms with van der Waals surface area (Å²) in [7, 11) is 0. The molecule has 1 aromatic carbocycles. The molecular formula is C16H23NO. The number of nitrogens with zero attached hydrogens (tertiary/aromatic N) is 1. The number of carbonyl (C=O) groups is 1.